The van der Waals surface area contributed by atoms with Crippen molar-refractivity contribution in [3.05, 3.63) is 0 Å². The van der Waals surface area contributed by atoms with E-state index in [1.807, 2.05) is 0 Å². The molecule has 7 N–H and O–H groups in total. The third-order valence-corrected chi connectivity index (χ3v) is 2.05. The quantitative estimate of drug-likeness (QED) is 0.194. The van der Waals surface area contributed by atoms with Crippen LogP contribution in [0.4, 0.5) is 9.59 Å². The maximum Gasteiger partial charge on any atom is 0.317 e. The molecule has 20 heavy (non-hydrogen) atoms. The number of urea groups is 2. The molecule has 0 aromatic heterocycles. The highest BCUT2D eigenvalue weighted by atomic mass is 16.2. The molecule has 0 atom stereocenters. The van der Waals surface area contributed by atoms with Crippen LogP contribution in [0, 0.1) is 11.5 Å². The molecule has 0 aliphatic carbocycles. The van der Waals surface area contributed by atoms with E-state index < -0.39 is 12.1 Å². The Kier molecular flexibility index (Phi) is 7.96. The van der Waals surface area contributed by atoms with Crippen LogP contribution in [0.1, 0.15) is 7.43 Å². The van der Waals surface area contributed by atoms with Crippen LogP contribution >= 0.6 is 0 Å². The third-order valence-electron chi connectivity index (χ3n) is 2.05. The summed E-state index contributed by atoms with van der Waals surface area (Å²) in [6.45, 7) is 0.905. The third kappa shape index (κ3) is 6.26. The highest BCUT2D eigenvalue weighted by Crippen LogP contribution is 1.91. The van der Waals surface area contributed by atoms with E-state index in [1.54, 1.807) is 11.1 Å². The molecule has 0 aromatic carbocycles. The maximum absolute atomic E-state index is 11.3. The van der Waals surface area contributed by atoms with Crippen molar-refractivity contribution in [2.45, 2.75) is 7.43 Å². The van der Waals surface area contributed by atoms with Crippen molar-refractivity contribution >= 4 is 18.0 Å². The van der Waals surface area contributed by atoms with Crippen molar-refractivity contribution in [3.63, 3.8) is 0 Å². The van der Waals surface area contributed by atoms with Crippen molar-refractivity contribution in [2.24, 2.45) is 10.7 Å². The highest BCUT2D eigenvalue weighted by Gasteiger charge is 2.14. The van der Waals surface area contributed by atoms with E-state index in [4.69, 9.17) is 11.0 Å². The van der Waals surface area contributed by atoms with Crippen LogP contribution < -0.4 is 32.3 Å². The molecule has 112 valence electrons. The number of hydrogen-bond donors (Lipinski definition) is 6. The van der Waals surface area contributed by atoms with Gasteiger partial charge < -0.3 is 26.6 Å². The summed E-state index contributed by atoms with van der Waals surface area (Å²) in [7, 11) is 0. The van der Waals surface area contributed by atoms with Gasteiger partial charge in [0.05, 0.1) is 26.7 Å². The van der Waals surface area contributed by atoms with Crippen molar-refractivity contribution < 1.29 is 9.59 Å². The number of carbonyl (C=O) groups excluding carboxylic acids is 2. The molecule has 0 fully saturated rings. The first-order valence-electron chi connectivity index (χ1n) is 5.33. The number of primary amides is 1. The molecule has 11 nitrogen and oxygen atoms in total. The van der Waals surface area contributed by atoms with Gasteiger partial charge in [0.2, 0.25) is 5.96 Å². The number of aliphatic imine (C=N–C) groups is 1. The predicted octanol–water partition coefficient (Wildman–Crippen LogP) is -2.25. The minimum absolute atomic E-state index is 0. The zero-order chi connectivity index (χ0) is 14.1. The lowest BCUT2D eigenvalue weighted by Gasteiger charge is -2.28. The molecule has 4 amide bonds. The standard InChI is InChI=1S/C8H15N9O2.CH4/c9-1-12-7-14-2-11-4-17(7)5-16-8(19)15-3-13-6(10)18;/h11H,2-5H2,(H,12,14)(H3,10,13,18)(H2,15,16,19);1H4. The first-order chi connectivity index (χ1) is 9.13. The number of carbonyl (C=O) groups is 2. The zero-order valence-corrected chi connectivity index (χ0v) is 10.1. The van der Waals surface area contributed by atoms with Crippen LogP contribution in [-0.2, 0) is 0 Å². The maximum atomic E-state index is 11.3. The van der Waals surface area contributed by atoms with E-state index in [9.17, 15) is 9.59 Å². The SMILES string of the molecule is C.N#CNC1=NCNCN1CNC(=O)NCNC(N)=O. The average molecular weight is 285 g/mol. The lowest BCUT2D eigenvalue weighted by molar-refractivity contribution is 0.231. The van der Waals surface area contributed by atoms with Crippen LogP contribution in [0.5, 0.6) is 0 Å². The molecule has 0 saturated carbocycles. The smallest absolute Gasteiger partial charge is 0.317 e. The van der Waals surface area contributed by atoms with Crippen LogP contribution in [-0.4, -0.2) is 49.6 Å². The summed E-state index contributed by atoms with van der Waals surface area (Å²) >= 11 is 0. The average Bonchev–Trinajstić information content (AvgIpc) is 2.37. The molecule has 1 rings (SSSR count). The van der Waals surface area contributed by atoms with Gasteiger partial charge >= 0.3 is 12.1 Å². The van der Waals surface area contributed by atoms with Crippen LogP contribution in [0.2, 0.25) is 0 Å². The Hall–Kier alpha value is -2.74. The van der Waals surface area contributed by atoms with Gasteiger partial charge in [0.15, 0.2) is 6.19 Å². The monoisotopic (exact) mass is 285 g/mol. The molecular formula is C9H19N9O2. The number of guanidine groups is 1. The highest BCUT2D eigenvalue weighted by molar-refractivity contribution is 5.82. The largest absolute Gasteiger partial charge is 0.352 e. The van der Waals surface area contributed by atoms with Crippen molar-refractivity contribution in [1.82, 2.24) is 31.5 Å². The van der Waals surface area contributed by atoms with Gasteiger partial charge in [0, 0.05) is 0 Å². The second-order valence-electron chi connectivity index (χ2n) is 3.38. The number of nitrogens with zero attached hydrogens (tertiary/aromatic N) is 3. The number of nitrogens with two attached hydrogens (primary N) is 1. The Bertz CT molecular complexity index is 403. The van der Waals surface area contributed by atoms with Gasteiger partial charge in [0.1, 0.15) is 0 Å². The first kappa shape index (κ1) is 17.3. The van der Waals surface area contributed by atoms with Gasteiger partial charge in [-0.2, -0.15) is 5.26 Å². The van der Waals surface area contributed by atoms with Crippen molar-refractivity contribution in [2.75, 3.05) is 26.7 Å². The Labute approximate surface area is 116 Å². The molecular weight excluding hydrogens is 266 g/mol. The lowest BCUT2D eigenvalue weighted by Crippen LogP contribution is -2.54. The Morgan fingerprint density at radius 1 is 1.45 bits per heavy atom. The minimum atomic E-state index is -0.729. The number of amides is 4. The molecule has 0 spiro atoms. The van der Waals surface area contributed by atoms with E-state index >= 15 is 0 Å². The molecule has 0 radical (unpaired) electrons. The number of nitriles is 1. The molecule has 11 heteroatoms. The topological polar surface area (TPSA) is 160 Å². The zero-order valence-electron chi connectivity index (χ0n) is 10.1. The first-order valence-corrected chi connectivity index (χ1v) is 5.33. The Morgan fingerprint density at radius 3 is 2.85 bits per heavy atom. The molecule has 0 saturated heterocycles. The lowest BCUT2D eigenvalue weighted by atomic mass is 10.6. The van der Waals surface area contributed by atoms with Crippen molar-refractivity contribution in [3.8, 4) is 6.19 Å². The Morgan fingerprint density at radius 2 is 2.20 bits per heavy atom. The number of rotatable bonds is 4. The number of hydrogen-bond acceptors (Lipinski definition) is 7. The Balaban J connectivity index is 0.00000361. The van der Waals surface area contributed by atoms with Gasteiger partial charge in [0.25, 0.3) is 0 Å². The van der Waals surface area contributed by atoms with Gasteiger partial charge in [-0.3, -0.25) is 10.6 Å². The summed E-state index contributed by atoms with van der Waals surface area (Å²) in [6.07, 6.45) is 1.76. The normalized spacial score (nSPS) is 13.2. The van der Waals surface area contributed by atoms with Gasteiger partial charge in [-0.05, 0) is 0 Å². The minimum Gasteiger partial charge on any atom is -0.352 e. The fraction of sp³-hybridized carbons (Fsp3) is 0.556. The van der Waals surface area contributed by atoms with Gasteiger partial charge in [-0.1, -0.05) is 7.43 Å². The van der Waals surface area contributed by atoms with E-state index in [0.717, 1.165) is 0 Å². The van der Waals surface area contributed by atoms with Crippen LogP contribution in [0.15, 0.2) is 4.99 Å². The fourth-order valence-electron chi connectivity index (χ4n) is 1.23. The molecule has 1 heterocycles. The second kappa shape index (κ2) is 9.22. The van der Waals surface area contributed by atoms with Crippen LogP contribution in [0.25, 0.3) is 0 Å². The predicted molar refractivity (Wildman–Crippen MR) is 71.7 cm³/mol. The number of nitrogens with one attached hydrogen (secondary N) is 5. The summed E-state index contributed by atoms with van der Waals surface area (Å²) in [5, 5.41) is 21.0. The second-order valence-corrected chi connectivity index (χ2v) is 3.38. The summed E-state index contributed by atoms with van der Waals surface area (Å²) in [5.74, 6) is 0.372. The van der Waals surface area contributed by atoms with E-state index in [2.05, 4.69) is 31.6 Å². The fourth-order valence-corrected chi connectivity index (χ4v) is 1.23. The molecule has 1 aliphatic heterocycles. The molecule has 0 aromatic rings. The summed E-state index contributed by atoms with van der Waals surface area (Å²) in [4.78, 5) is 27.3. The van der Waals surface area contributed by atoms with Gasteiger partial charge in [-0.25, -0.2) is 14.6 Å². The molecule has 0 unspecified atom stereocenters. The van der Waals surface area contributed by atoms with E-state index in [-0.39, 0.29) is 20.8 Å². The van der Waals surface area contributed by atoms with Crippen molar-refractivity contribution in [1.29, 1.82) is 5.26 Å². The molecule has 1 aliphatic rings. The van der Waals surface area contributed by atoms with Gasteiger partial charge in [-0.15, -0.1) is 0 Å². The summed E-state index contributed by atoms with van der Waals surface area (Å²) in [6, 6.07) is -1.22. The summed E-state index contributed by atoms with van der Waals surface area (Å²) in [5.41, 5.74) is 4.83. The van der Waals surface area contributed by atoms with E-state index in [1.165, 1.54) is 0 Å². The van der Waals surface area contributed by atoms with Crippen LogP contribution in [0.3, 0.4) is 0 Å². The van der Waals surface area contributed by atoms with E-state index in [0.29, 0.717) is 19.3 Å². The molecule has 0 bridgehead atoms. The summed E-state index contributed by atoms with van der Waals surface area (Å²) < 4.78 is 0.